The van der Waals surface area contributed by atoms with Gasteiger partial charge in [0, 0.05) is 12.1 Å². The number of aromatic nitrogens is 1. The summed E-state index contributed by atoms with van der Waals surface area (Å²) in [4.78, 5) is 4.10. The fourth-order valence-electron chi connectivity index (χ4n) is 2.13. The number of hydrogen-bond donors (Lipinski definition) is 1. The largest absolute Gasteiger partial charge is 0.438 e. The molecule has 1 heterocycles. The van der Waals surface area contributed by atoms with E-state index in [1.165, 1.54) is 12.3 Å². The van der Waals surface area contributed by atoms with Gasteiger partial charge in [0.15, 0.2) is 0 Å². The fourth-order valence-corrected chi connectivity index (χ4v) is 2.13. The van der Waals surface area contributed by atoms with Crippen LogP contribution in [0.2, 0.25) is 0 Å². The number of ether oxygens (including phenoxy) is 1. The predicted octanol–water partition coefficient (Wildman–Crippen LogP) is 4.05. The predicted molar refractivity (Wildman–Crippen MR) is 82.3 cm³/mol. The molecule has 21 heavy (non-hydrogen) atoms. The van der Waals surface area contributed by atoms with Gasteiger partial charge in [0.2, 0.25) is 5.88 Å². The van der Waals surface area contributed by atoms with E-state index in [1.807, 2.05) is 33.8 Å². The van der Waals surface area contributed by atoms with Crippen LogP contribution in [-0.2, 0) is 6.54 Å². The molecule has 0 amide bonds. The first kappa shape index (κ1) is 15.4. The SMILES string of the molecule is CCNCc1cc(F)cnc1Oc1c(C)ccc(C)c1C. The summed E-state index contributed by atoms with van der Waals surface area (Å²) in [6.07, 6.45) is 1.19. The van der Waals surface area contributed by atoms with E-state index in [2.05, 4.69) is 16.4 Å². The second-order valence-corrected chi connectivity index (χ2v) is 5.15. The molecular weight excluding hydrogens is 267 g/mol. The van der Waals surface area contributed by atoms with Crippen LogP contribution in [0.3, 0.4) is 0 Å². The van der Waals surface area contributed by atoms with Gasteiger partial charge in [-0.15, -0.1) is 0 Å². The summed E-state index contributed by atoms with van der Waals surface area (Å²) in [5, 5.41) is 3.17. The van der Waals surface area contributed by atoms with Gasteiger partial charge in [-0.1, -0.05) is 19.1 Å². The number of rotatable bonds is 5. The van der Waals surface area contributed by atoms with Crippen LogP contribution in [0.25, 0.3) is 0 Å². The Hall–Kier alpha value is -1.94. The Morgan fingerprint density at radius 1 is 1.19 bits per heavy atom. The van der Waals surface area contributed by atoms with Gasteiger partial charge in [-0.25, -0.2) is 9.37 Å². The van der Waals surface area contributed by atoms with Gasteiger partial charge < -0.3 is 10.1 Å². The summed E-state index contributed by atoms with van der Waals surface area (Å²) < 4.78 is 19.4. The lowest BCUT2D eigenvalue weighted by Crippen LogP contribution is -2.13. The van der Waals surface area contributed by atoms with Crippen LogP contribution >= 0.6 is 0 Å². The summed E-state index contributed by atoms with van der Waals surface area (Å²) in [5.74, 6) is 0.897. The van der Waals surface area contributed by atoms with E-state index >= 15 is 0 Å². The molecule has 1 N–H and O–H groups in total. The third-order valence-corrected chi connectivity index (χ3v) is 3.53. The van der Waals surface area contributed by atoms with Gasteiger partial charge in [0.25, 0.3) is 0 Å². The van der Waals surface area contributed by atoms with E-state index in [-0.39, 0.29) is 5.82 Å². The van der Waals surface area contributed by atoms with E-state index in [0.717, 1.165) is 34.5 Å². The lowest BCUT2D eigenvalue weighted by Gasteiger charge is -2.15. The molecule has 0 aliphatic carbocycles. The van der Waals surface area contributed by atoms with Gasteiger partial charge >= 0.3 is 0 Å². The quantitative estimate of drug-likeness (QED) is 0.901. The van der Waals surface area contributed by atoms with Crippen LogP contribution in [-0.4, -0.2) is 11.5 Å². The zero-order valence-corrected chi connectivity index (χ0v) is 13.0. The van der Waals surface area contributed by atoms with E-state index < -0.39 is 0 Å². The van der Waals surface area contributed by atoms with Crippen molar-refractivity contribution in [3.05, 3.63) is 52.5 Å². The minimum atomic E-state index is -0.354. The molecule has 1 aromatic heterocycles. The topological polar surface area (TPSA) is 34.2 Å². The van der Waals surface area contributed by atoms with Crippen LogP contribution in [0.5, 0.6) is 11.6 Å². The first-order valence-electron chi connectivity index (χ1n) is 7.12. The Kier molecular flexibility index (Phi) is 4.91. The maximum atomic E-state index is 13.4. The molecule has 0 aliphatic rings. The molecule has 4 heteroatoms. The standard InChI is InChI=1S/C17H21FN2O/c1-5-19-9-14-8-15(18)10-20-17(14)21-16-12(3)7-6-11(2)13(16)4/h6-8,10,19H,5,9H2,1-4H3. The number of nitrogens with one attached hydrogen (secondary N) is 1. The Bertz CT molecular complexity index is 641. The first-order chi connectivity index (χ1) is 10.0. The monoisotopic (exact) mass is 288 g/mol. The Morgan fingerprint density at radius 2 is 1.90 bits per heavy atom. The van der Waals surface area contributed by atoms with Crippen molar-refractivity contribution in [3.63, 3.8) is 0 Å². The highest BCUT2D eigenvalue weighted by molar-refractivity contribution is 5.47. The van der Waals surface area contributed by atoms with E-state index in [4.69, 9.17) is 4.74 Å². The van der Waals surface area contributed by atoms with Crippen molar-refractivity contribution in [2.45, 2.75) is 34.2 Å². The van der Waals surface area contributed by atoms with Crippen LogP contribution in [0, 0.1) is 26.6 Å². The number of hydrogen-bond acceptors (Lipinski definition) is 3. The van der Waals surface area contributed by atoms with Crippen molar-refractivity contribution in [1.82, 2.24) is 10.3 Å². The van der Waals surface area contributed by atoms with Crippen molar-refractivity contribution in [1.29, 1.82) is 0 Å². The minimum absolute atomic E-state index is 0.354. The van der Waals surface area contributed by atoms with Crippen molar-refractivity contribution in [2.75, 3.05) is 6.54 Å². The molecular formula is C17H21FN2O. The van der Waals surface area contributed by atoms with Gasteiger partial charge in [0.05, 0.1) is 6.20 Å². The summed E-state index contributed by atoms with van der Waals surface area (Å²) in [7, 11) is 0. The summed E-state index contributed by atoms with van der Waals surface area (Å²) in [6.45, 7) is 9.39. The summed E-state index contributed by atoms with van der Waals surface area (Å²) >= 11 is 0. The molecule has 0 atom stereocenters. The lowest BCUT2D eigenvalue weighted by molar-refractivity contribution is 0.442. The maximum absolute atomic E-state index is 13.4. The second kappa shape index (κ2) is 6.68. The Balaban J connectivity index is 2.37. The zero-order chi connectivity index (χ0) is 15.4. The van der Waals surface area contributed by atoms with E-state index in [1.54, 1.807) is 0 Å². The zero-order valence-electron chi connectivity index (χ0n) is 13.0. The smallest absolute Gasteiger partial charge is 0.223 e. The molecule has 1 aromatic carbocycles. The fraction of sp³-hybridized carbons (Fsp3) is 0.353. The third-order valence-electron chi connectivity index (χ3n) is 3.53. The Labute approximate surface area is 125 Å². The van der Waals surface area contributed by atoms with Crippen LogP contribution in [0.1, 0.15) is 29.2 Å². The highest BCUT2D eigenvalue weighted by Crippen LogP contribution is 2.31. The van der Waals surface area contributed by atoms with Crippen molar-refractivity contribution in [2.24, 2.45) is 0 Å². The summed E-state index contributed by atoms with van der Waals surface area (Å²) in [6, 6.07) is 5.55. The van der Waals surface area contributed by atoms with Crippen LogP contribution < -0.4 is 10.1 Å². The van der Waals surface area contributed by atoms with E-state index in [9.17, 15) is 4.39 Å². The van der Waals surface area contributed by atoms with Gasteiger partial charge in [-0.05, 0) is 50.1 Å². The van der Waals surface area contributed by atoms with Gasteiger partial charge in [-0.2, -0.15) is 0 Å². The molecule has 2 aromatic rings. The molecule has 0 bridgehead atoms. The van der Waals surface area contributed by atoms with Crippen LogP contribution in [0.4, 0.5) is 4.39 Å². The maximum Gasteiger partial charge on any atom is 0.223 e. The molecule has 0 saturated carbocycles. The van der Waals surface area contributed by atoms with Crippen molar-refractivity contribution in [3.8, 4) is 11.6 Å². The minimum Gasteiger partial charge on any atom is -0.438 e. The molecule has 0 saturated heterocycles. The average molecular weight is 288 g/mol. The number of pyridine rings is 1. The Morgan fingerprint density at radius 3 is 2.62 bits per heavy atom. The highest BCUT2D eigenvalue weighted by atomic mass is 19.1. The number of nitrogens with zero attached hydrogens (tertiary/aromatic N) is 1. The van der Waals surface area contributed by atoms with Crippen molar-refractivity contribution >= 4 is 0 Å². The molecule has 3 nitrogen and oxygen atoms in total. The van der Waals surface area contributed by atoms with Crippen LogP contribution in [0.15, 0.2) is 24.4 Å². The third kappa shape index (κ3) is 3.58. The first-order valence-corrected chi connectivity index (χ1v) is 7.12. The number of halogens is 1. The molecule has 2 rings (SSSR count). The highest BCUT2D eigenvalue weighted by Gasteiger charge is 2.12. The lowest BCUT2D eigenvalue weighted by atomic mass is 10.1. The number of benzene rings is 1. The van der Waals surface area contributed by atoms with Crippen molar-refractivity contribution < 1.29 is 9.13 Å². The molecule has 112 valence electrons. The number of aryl methyl sites for hydroxylation is 2. The van der Waals surface area contributed by atoms with Gasteiger partial charge in [0.1, 0.15) is 11.6 Å². The molecule has 0 fully saturated rings. The molecule has 0 aliphatic heterocycles. The van der Waals surface area contributed by atoms with Gasteiger partial charge in [-0.3, -0.25) is 0 Å². The second-order valence-electron chi connectivity index (χ2n) is 5.15. The molecule has 0 radical (unpaired) electrons. The summed E-state index contributed by atoms with van der Waals surface area (Å²) in [5.41, 5.74) is 4.00. The van der Waals surface area contributed by atoms with E-state index in [0.29, 0.717) is 12.4 Å². The molecule has 0 unspecified atom stereocenters. The average Bonchev–Trinajstić information content (AvgIpc) is 2.47. The molecule has 0 spiro atoms. The normalized spacial score (nSPS) is 10.7.